The van der Waals surface area contributed by atoms with Gasteiger partial charge in [0.2, 0.25) is 0 Å². The molecule has 0 atom stereocenters. The van der Waals surface area contributed by atoms with Gasteiger partial charge in [0, 0.05) is 0 Å². The number of rotatable bonds is 7. The zero-order chi connectivity index (χ0) is 21.8. The lowest BCUT2D eigenvalue weighted by Crippen LogP contribution is -2.33. The van der Waals surface area contributed by atoms with Crippen LogP contribution in [0.4, 0.5) is 4.39 Å². The number of halogens is 1. The number of thiazole rings is 1. The number of benzene rings is 1. The molecule has 1 aromatic heterocycles. The van der Waals surface area contributed by atoms with Gasteiger partial charge in [0.25, 0.3) is 21.8 Å². The molecule has 0 aliphatic rings. The Morgan fingerprint density at radius 3 is 2.45 bits per heavy atom. The van der Waals surface area contributed by atoms with Crippen LogP contribution in [0, 0.1) is 19.7 Å². The standard InChI is InChI=1S/C17H18FN3O6S2/c1-10-17(28-11(2)19-10)29(25,26)20-16(24)14(22)8-15(23)21(27-3)9-12-4-6-13(18)7-5-12/h4-8,22H,9H2,1-3H3,(H,20,24)/b14-8-. The summed E-state index contributed by atoms with van der Waals surface area (Å²) in [5, 5.41) is 11.1. The van der Waals surface area contributed by atoms with E-state index in [4.69, 9.17) is 4.84 Å². The molecule has 1 heterocycles. The zero-order valence-corrected chi connectivity index (χ0v) is 17.3. The lowest BCUT2D eigenvalue weighted by atomic mass is 10.2. The summed E-state index contributed by atoms with van der Waals surface area (Å²) >= 11 is 0.863. The molecule has 29 heavy (non-hydrogen) atoms. The third-order valence-electron chi connectivity index (χ3n) is 3.53. The third-order valence-corrected chi connectivity index (χ3v) is 6.54. The first-order chi connectivity index (χ1) is 13.5. The van der Waals surface area contributed by atoms with E-state index in [0.29, 0.717) is 16.6 Å². The molecule has 0 saturated carbocycles. The Morgan fingerprint density at radius 1 is 1.31 bits per heavy atom. The van der Waals surface area contributed by atoms with E-state index in [1.54, 1.807) is 11.6 Å². The average molecular weight is 443 g/mol. The van der Waals surface area contributed by atoms with Crippen LogP contribution in [0.1, 0.15) is 16.3 Å². The van der Waals surface area contributed by atoms with Crippen molar-refractivity contribution >= 4 is 33.2 Å². The number of amides is 2. The summed E-state index contributed by atoms with van der Waals surface area (Å²) in [6.07, 6.45) is 0.517. The third kappa shape index (κ3) is 5.82. The van der Waals surface area contributed by atoms with Gasteiger partial charge < -0.3 is 5.11 Å². The lowest BCUT2D eigenvalue weighted by Gasteiger charge is -2.18. The van der Waals surface area contributed by atoms with E-state index in [0.717, 1.165) is 16.4 Å². The summed E-state index contributed by atoms with van der Waals surface area (Å²) in [6, 6.07) is 5.25. The Labute approximate surface area is 170 Å². The van der Waals surface area contributed by atoms with Crippen molar-refractivity contribution in [2.24, 2.45) is 0 Å². The average Bonchev–Trinajstić information content (AvgIpc) is 2.99. The smallest absolute Gasteiger partial charge is 0.300 e. The minimum absolute atomic E-state index is 0.0986. The first-order valence-corrected chi connectivity index (χ1v) is 10.4. The molecule has 0 aliphatic carbocycles. The highest BCUT2D eigenvalue weighted by Gasteiger charge is 2.25. The molecule has 0 saturated heterocycles. The molecule has 0 spiro atoms. The van der Waals surface area contributed by atoms with E-state index in [1.807, 2.05) is 0 Å². The van der Waals surface area contributed by atoms with E-state index in [1.165, 1.54) is 38.3 Å². The summed E-state index contributed by atoms with van der Waals surface area (Å²) in [7, 11) is -3.08. The Morgan fingerprint density at radius 2 is 1.93 bits per heavy atom. The molecule has 0 unspecified atom stereocenters. The van der Waals surface area contributed by atoms with Crippen LogP contribution in [-0.2, 0) is 31.0 Å². The van der Waals surface area contributed by atoms with E-state index in [2.05, 4.69) is 4.98 Å². The highest BCUT2D eigenvalue weighted by atomic mass is 32.2. The van der Waals surface area contributed by atoms with Gasteiger partial charge in [0.15, 0.2) is 9.97 Å². The number of aliphatic hydroxyl groups excluding tert-OH is 1. The summed E-state index contributed by atoms with van der Waals surface area (Å²) in [4.78, 5) is 33.1. The van der Waals surface area contributed by atoms with E-state index in [-0.39, 0.29) is 16.4 Å². The molecular formula is C17H18FN3O6S2. The van der Waals surface area contributed by atoms with Crippen molar-refractivity contribution in [3.8, 4) is 0 Å². The molecule has 0 bridgehead atoms. The molecule has 156 valence electrons. The maximum Gasteiger partial charge on any atom is 0.300 e. The van der Waals surface area contributed by atoms with Crippen LogP contribution < -0.4 is 4.72 Å². The number of nitrogens with one attached hydrogen (secondary N) is 1. The van der Waals surface area contributed by atoms with Crippen molar-refractivity contribution < 1.29 is 32.3 Å². The number of carbonyl (C=O) groups excluding carboxylic acids is 2. The quantitative estimate of drug-likeness (QED) is 0.379. The van der Waals surface area contributed by atoms with Gasteiger partial charge in [-0.1, -0.05) is 12.1 Å². The molecule has 1 aromatic carbocycles. The molecular weight excluding hydrogens is 425 g/mol. The minimum Gasteiger partial charge on any atom is -0.503 e. The molecule has 0 radical (unpaired) electrons. The highest BCUT2D eigenvalue weighted by molar-refractivity contribution is 7.92. The number of aromatic nitrogens is 1. The van der Waals surface area contributed by atoms with Crippen LogP contribution in [0.2, 0.25) is 0 Å². The second kappa shape index (κ2) is 9.11. The predicted molar refractivity (Wildman–Crippen MR) is 102 cm³/mol. The number of sulfonamides is 1. The number of hydroxylamine groups is 2. The van der Waals surface area contributed by atoms with Gasteiger partial charge in [-0.2, -0.15) is 0 Å². The van der Waals surface area contributed by atoms with Gasteiger partial charge in [0.05, 0.1) is 30.4 Å². The Bertz CT molecular complexity index is 1050. The van der Waals surface area contributed by atoms with Crippen molar-refractivity contribution in [2.45, 2.75) is 24.6 Å². The van der Waals surface area contributed by atoms with Gasteiger partial charge in [0.1, 0.15) is 5.82 Å². The normalized spacial score (nSPS) is 11.9. The minimum atomic E-state index is -4.26. The van der Waals surface area contributed by atoms with Crippen LogP contribution >= 0.6 is 11.3 Å². The van der Waals surface area contributed by atoms with Crippen LogP contribution in [-0.4, -0.2) is 42.5 Å². The molecule has 0 aliphatic heterocycles. The summed E-state index contributed by atoms with van der Waals surface area (Å²) in [5.41, 5.74) is 0.731. The number of hydrogen-bond acceptors (Lipinski definition) is 8. The predicted octanol–water partition coefficient (Wildman–Crippen LogP) is 1.74. The fourth-order valence-electron chi connectivity index (χ4n) is 2.23. The fraction of sp³-hybridized carbons (Fsp3) is 0.235. The highest BCUT2D eigenvalue weighted by Crippen LogP contribution is 2.22. The van der Waals surface area contributed by atoms with Crippen LogP contribution in [0.15, 0.2) is 40.3 Å². The first kappa shape index (κ1) is 22.5. The van der Waals surface area contributed by atoms with Gasteiger partial charge in [-0.3, -0.25) is 14.4 Å². The van der Waals surface area contributed by atoms with E-state index in [9.17, 15) is 27.5 Å². The second-order valence-electron chi connectivity index (χ2n) is 5.75. The molecule has 12 heteroatoms. The van der Waals surface area contributed by atoms with Crippen molar-refractivity contribution in [3.63, 3.8) is 0 Å². The van der Waals surface area contributed by atoms with Crippen LogP contribution in [0.3, 0.4) is 0 Å². The van der Waals surface area contributed by atoms with Crippen molar-refractivity contribution in [3.05, 3.63) is 58.2 Å². The van der Waals surface area contributed by atoms with Crippen molar-refractivity contribution in [1.29, 1.82) is 0 Å². The van der Waals surface area contributed by atoms with Gasteiger partial charge >= 0.3 is 0 Å². The maximum absolute atomic E-state index is 13.0. The SMILES string of the molecule is CON(Cc1ccc(F)cc1)C(=O)/C=C(\O)C(=O)NS(=O)(=O)c1sc(C)nc1C. The zero-order valence-electron chi connectivity index (χ0n) is 15.7. The number of aryl methyl sites for hydroxylation is 2. The lowest BCUT2D eigenvalue weighted by molar-refractivity contribution is -0.173. The fourth-order valence-corrected chi connectivity index (χ4v) is 4.67. The molecule has 9 nitrogen and oxygen atoms in total. The number of hydrogen-bond donors (Lipinski definition) is 2. The second-order valence-corrected chi connectivity index (χ2v) is 8.83. The Kier molecular flexibility index (Phi) is 7.06. The number of nitrogens with zero attached hydrogens (tertiary/aromatic N) is 2. The van der Waals surface area contributed by atoms with E-state index < -0.39 is 33.4 Å². The topological polar surface area (TPSA) is 126 Å². The summed E-state index contributed by atoms with van der Waals surface area (Å²) < 4.78 is 39.0. The van der Waals surface area contributed by atoms with E-state index >= 15 is 0 Å². The van der Waals surface area contributed by atoms with Crippen LogP contribution in [0.25, 0.3) is 0 Å². The Hall–Kier alpha value is -2.83. The summed E-state index contributed by atoms with van der Waals surface area (Å²) in [6.45, 7) is 2.97. The summed E-state index contributed by atoms with van der Waals surface area (Å²) in [5.74, 6) is -3.89. The number of aliphatic hydroxyl groups is 1. The van der Waals surface area contributed by atoms with Crippen LogP contribution in [0.5, 0.6) is 0 Å². The monoisotopic (exact) mass is 443 g/mol. The van der Waals surface area contributed by atoms with Crippen molar-refractivity contribution in [1.82, 2.24) is 14.8 Å². The number of carbonyl (C=O) groups is 2. The first-order valence-electron chi connectivity index (χ1n) is 8.05. The maximum atomic E-state index is 13.0. The van der Waals surface area contributed by atoms with Gasteiger partial charge in [-0.15, -0.1) is 11.3 Å². The largest absolute Gasteiger partial charge is 0.503 e. The molecule has 0 fully saturated rings. The van der Waals surface area contributed by atoms with Gasteiger partial charge in [-0.05, 0) is 31.5 Å². The van der Waals surface area contributed by atoms with Crippen molar-refractivity contribution in [2.75, 3.05) is 7.11 Å². The Balaban J connectivity index is 2.11. The van der Waals surface area contributed by atoms with Gasteiger partial charge in [-0.25, -0.2) is 27.6 Å². The molecule has 2 N–H and O–H groups in total. The molecule has 2 amide bonds. The molecule has 2 aromatic rings. The molecule has 2 rings (SSSR count).